The van der Waals surface area contributed by atoms with Gasteiger partial charge in [0, 0.05) is 62.0 Å². The number of aldehydes is 1. The van der Waals surface area contributed by atoms with Crippen LogP contribution < -0.4 is 10.2 Å². The molecule has 1 aromatic rings. The number of piperazine rings is 1. The number of likely N-dealkylation sites (N-methyl/N-ethyl adjacent to an activating group) is 1. The maximum absolute atomic E-state index is 11.4. The van der Waals surface area contributed by atoms with E-state index in [9.17, 15) is 15.0 Å². The Morgan fingerprint density at radius 1 is 1.19 bits per heavy atom. The predicted molar refractivity (Wildman–Crippen MR) is 101 cm³/mol. The molecule has 3 N–H and O–H groups in total. The molecule has 2 fully saturated rings. The number of aliphatic hydroxyl groups is 2. The minimum absolute atomic E-state index is 0.0174. The smallest absolute Gasteiger partial charge is 0.154 e. The molecule has 2 atom stereocenters. The average molecular weight is 355 g/mol. The van der Waals surface area contributed by atoms with Crippen molar-refractivity contribution in [1.82, 2.24) is 4.90 Å². The standard InChI is InChI=1S/C17H23B2N3O4/c1-21-4-6-22(7-5-21)14-3-2-12(11-23)15(8-14)20-13-9-16(18,24)26-17(19,25)10-13/h2-3,8,11,13,20,24-25H,4-7,9-10H2,1H3. The first-order valence-electron chi connectivity index (χ1n) is 8.69. The molecule has 0 bridgehead atoms. The highest BCUT2D eigenvalue weighted by molar-refractivity contribution is 6.16. The maximum Gasteiger partial charge on any atom is 0.154 e. The Hall–Kier alpha value is -1.54. The molecule has 0 aliphatic carbocycles. The van der Waals surface area contributed by atoms with E-state index in [2.05, 4.69) is 22.2 Å². The minimum atomic E-state index is -2.05. The zero-order valence-electron chi connectivity index (χ0n) is 14.9. The van der Waals surface area contributed by atoms with Gasteiger partial charge in [0.2, 0.25) is 0 Å². The average Bonchev–Trinajstić information content (AvgIpc) is 2.52. The highest BCUT2D eigenvalue weighted by Crippen LogP contribution is 2.32. The van der Waals surface area contributed by atoms with Gasteiger partial charge in [0.25, 0.3) is 0 Å². The summed E-state index contributed by atoms with van der Waals surface area (Å²) in [5, 5.41) is 23.1. The lowest BCUT2D eigenvalue weighted by Gasteiger charge is -2.44. The largest absolute Gasteiger partial charge is 0.381 e. The van der Waals surface area contributed by atoms with E-state index >= 15 is 0 Å². The highest BCUT2D eigenvalue weighted by Gasteiger charge is 2.41. The van der Waals surface area contributed by atoms with E-state index in [1.807, 2.05) is 12.1 Å². The summed E-state index contributed by atoms with van der Waals surface area (Å²) in [5.74, 6) is 0. The molecule has 1 aromatic carbocycles. The number of rotatable bonds is 4. The van der Waals surface area contributed by atoms with Crippen molar-refractivity contribution in [3.8, 4) is 0 Å². The van der Waals surface area contributed by atoms with Crippen LogP contribution >= 0.6 is 0 Å². The summed E-state index contributed by atoms with van der Waals surface area (Å²) < 4.78 is 4.86. The summed E-state index contributed by atoms with van der Waals surface area (Å²) in [6, 6.07) is 5.11. The van der Waals surface area contributed by atoms with Crippen molar-refractivity contribution in [1.29, 1.82) is 0 Å². The van der Waals surface area contributed by atoms with Gasteiger partial charge in [-0.05, 0) is 25.2 Å². The summed E-state index contributed by atoms with van der Waals surface area (Å²) in [4.78, 5) is 15.9. The Morgan fingerprint density at radius 3 is 2.38 bits per heavy atom. The van der Waals surface area contributed by atoms with Crippen LogP contribution in [0.4, 0.5) is 11.4 Å². The van der Waals surface area contributed by atoms with Gasteiger partial charge in [-0.25, -0.2) is 0 Å². The zero-order valence-corrected chi connectivity index (χ0v) is 14.9. The predicted octanol–water partition coefficient (Wildman–Crippen LogP) is -0.529. The van der Waals surface area contributed by atoms with Crippen LogP contribution in [-0.2, 0) is 4.74 Å². The van der Waals surface area contributed by atoms with Gasteiger partial charge in [-0.1, -0.05) is 0 Å². The SMILES string of the molecule is [B]C1(O)CC(Nc2cc(N3CCN(C)CC3)ccc2C=O)CC([B])(O)O1. The van der Waals surface area contributed by atoms with Crippen molar-refractivity contribution in [2.24, 2.45) is 0 Å². The molecule has 2 heterocycles. The molecule has 136 valence electrons. The minimum Gasteiger partial charge on any atom is -0.381 e. The molecule has 3 rings (SSSR count). The number of nitrogens with one attached hydrogen (secondary N) is 1. The normalized spacial score (nSPS) is 33.0. The Labute approximate surface area is 156 Å². The second kappa shape index (κ2) is 7.23. The molecule has 0 saturated carbocycles. The molecular formula is C17H23B2N3O4. The summed E-state index contributed by atoms with van der Waals surface area (Å²) >= 11 is 0. The molecule has 2 aliphatic rings. The monoisotopic (exact) mass is 355 g/mol. The summed E-state index contributed by atoms with van der Waals surface area (Å²) in [6.07, 6.45) is 0.797. The number of nitrogens with zero attached hydrogens (tertiary/aromatic N) is 2. The molecule has 26 heavy (non-hydrogen) atoms. The molecule has 0 aromatic heterocycles. The lowest BCUT2D eigenvalue weighted by atomic mass is 9.76. The van der Waals surface area contributed by atoms with Crippen molar-refractivity contribution in [2.45, 2.75) is 30.3 Å². The van der Waals surface area contributed by atoms with E-state index in [1.165, 1.54) is 0 Å². The lowest BCUT2D eigenvalue weighted by Crippen LogP contribution is -2.55. The number of anilines is 2. The molecule has 7 nitrogen and oxygen atoms in total. The van der Waals surface area contributed by atoms with Crippen LogP contribution in [0.3, 0.4) is 0 Å². The zero-order chi connectivity index (χ0) is 18.9. The van der Waals surface area contributed by atoms with E-state index in [0.29, 0.717) is 11.3 Å². The Kier molecular flexibility index (Phi) is 5.35. The van der Waals surface area contributed by atoms with Crippen molar-refractivity contribution >= 4 is 33.4 Å². The third-order valence-electron chi connectivity index (χ3n) is 4.82. The fraction of sp³-hybridized carbons (Fsp3) is 0.588. The van der Waals surface area contributed by atoms with Gasteiger partial charge in [0.1, 0.15) is 11.4 Å². The number of hydrogen-bond acceptors (Lipinski definition) is 7. The lowest BCUT2D eigenvalue weighted by molar-refractivity contribution is -0.283. The molecule has 2 unspecified atom stereocenters. The Morgan fingerprint density at radius 2 is 1.81 bits per heavy atom. The molecule has 0 amide bonds. The third-order valence-corrected chi connectivity index (χ3v) is 4.82. The number of benzene rings is 1. The summed E-state index contributed by atoms with van der Waals surface area (Å²) in [5.41, 5.74) is -2.00. The van der Waals surface area contributed by atoms with Crippen LogP contribution in [0.1, 0.15) is 23.2 Å². The van der Waals surface area contributed by atoms with Gasteiger partial charge in [-0.3, -0.25) is 4.79 Å². The molecule has 2 aliphatic heterocycles. The van der Waals surface area contributed by atoms with Crippen LogP contribution in [0.25, 0.3) is 0 Å². The van der Waals surface area contributed by atoms with Crippen LogP contribution in [-0.4, -0.2) is 87.7 Å². The van der Waals surface area contributed by atoms with E-state index in [0.717, 1.165) is 38.2 Å². The molecule has 4 radical (unpaired) electrons. The van der Waals surface area contributed by atoms with Gasteiger partial charge >= 0.3 is 0 Å². The second-order valence-corrected chi connectivity index (χ2v) is 7.22. The third kappa shape index (κ3) is 4.59. The van der Waals surface area contributed by atoms with Crippen molar-refractivity contribution in [3.63, 3.8) is 0 Å². The van der Waals surface area contributed by atoms with Gasteiger partial charge < -0.3 is 30.1 Å². The highest BCUT2D eigenvalue weighted by atomic mass is 16.7. The fourth-order valence-electron chi connectivity index (χ4n) is 3.52. The van der Waals surface area contributed by atoms with Crippen LogP contribution in [0.5, 0.6) is 0 Å². The van der Waals surface area contributed by atoms with Gasteiger partial charge in [0.15, 0.2) is 22.0 Å². The maximum atomic E-state index is 11.4. The second-order valence-electron chi connectivity index (χ2n) is 7.22. The fourth-order valence-corrected chi connectivity index (χ4v) is 3.52. The number of carbonyl (C=O) groups excluding carboxylic acids is 1. The first-order valence-corrected chi connectivity index (χ1v) is 8.69. The van der Waals surface area contributed by atoms with Crippen LogP contribution in [0.2, 0.25) is 0 Å². The quantitative estimate of drug-likeness (QED) is 0.495. The number of hydrogen-bond donors (Lipinski definition) is 3. The first kappa shape index (κ1) is 19.2. The van der Waals surface area contributed by atoms with E-state index < -0.39 is 17.4 Å². The summed E-state index contributed by atoms with van der Waals surface area (Å²) in [6.45, 7) is 3.74. The molecule has 0 spiro atoms. The van der Waals surface area contributed by atoms with E-state index in [-0.39, 0.29) is 12.8 Å². The van der Waals surface area contributed by atoms with Crippen molar-refractivity contribution in [2.75, 3.05) is 43.4 Å². The van der Waals surface area contributed by atoms with Gasteiger partial charge in [0.05, 0.1) is 0 Å². The van der Waals surface area contributed by atoms with Crippen molar-refractivity contribution in [3.05, 3.63) is 23.8 Å². The first-order chi connectivity index (χ1) is 12.2. The van der Waals surface area contributed by atoms with Crippen molar-refractivity contribution < 1.29 is 19.7 Å². The topological polar surface area (TPSA) is 85.3 Å². The van der Waals surface area contributed by atoms with Crippen LogP contribution in [0.15, 0.2) is 18.2 Å². The van der Waals surface area contributed by atoms with Crippen LogP contribution in [0, 0.1) is 0 Å². The number of ether oxygens (including phenoxy) is 1. The summed E-state index contributed by atoms with van der Waals surface area (Å²) in [7, 11) is 13.3. The Bertz CT molecular complexity index is 647. The molecular weight excluding hydrogens is 332 g/mol. The number of carbonyl (C=O) groups is 1. The van der Waals surface area contributed by atoms with Gasteiger partial charge in [-0.2, -0.15) is 0 Å². The van der Waals surface area contributed by atoms with E-state index in [1.54, 1.807) is 6.07 Å². The Balaban J connectivity index is 1.80. The molecule has 2 saturated heterocycles. The molecule has 9 heteroatoms. The van der Waals surface area contributed by atoms with Gasteiger partial charge in [-0.15, -0.1) is 0 Å². The van der Waals surface area contributed by atoms with E-state index in [4.69, 9.17) is 20.4 Å².